The van der Waals surface area contributed by atoms with Crippen molar-refractivity contribution in [3.8, 4) is 0 Å². The predicted molar refractivity (Wildman–Crippen MR) is 93.1 cm³/mol. The fourth-order valence-corrected chi connectivity index (χ4v) is 24.3. The summed E-state index contributed by atoms with van der Waals surface area (Å²) in [5.74, 6) is 0. The van der Waals surface area contributed by atoms with Crippen LogP contribution in [0.25, 0.3) is 0 Å². The van der Waals surface area contributed by atoms with Gasteiger partial charge in [0.1, 0.15) is 0 Å². The fraction of sp³-hybridized carbons (Fsp3) is 0.500. The molecule has 2 aliphatic rings. The van der Waals surface area contributed by atoms with Crippen LogP contribution in [0.4, 0.5) is 0 Å². The first-order chi connectivity index (χ1) is 9.07. The van der Waals surface area contributed by atoms with Crippen LogP contribution >= 0.6 is 18.6 Å². The minimum atomic E-state index is -3.70. The van der Waals surface area contributed by atoms with E-state index in [1.807, 2.05) is 0 Å². The van der Waals surface area contributed by atoms with Crippen LogP contribution in [-0.2, 0) is 12.4 Å². The first-order valence-electron chi connectivity index (χ1n) is 7.37. The molecule has 2 aliphatic carbocycles. The van der Waals surface area contributed by atoms with E-state index in [9.17, 15) is 0 Å². The fourth-order valence-electron chi connectivity index (χ4n) is 3.88. The minimum absolute atomic E-state index is 0.303. The van der Waals surface area contributed by atoms with Crippen LogP contribution in [0.1, 0.15) is 27.7 Å². The van der Waals surface area contributed by atoms with Crippen molar-refractivity contribution in [3.63, 3.8) is 0 Å². The summed E-state index contributed by atoms with van der Waals surface area (Å²) in [4.78, 5) is 0. The van der Waals surface area contributed by atoms with Crippen molar-refractivity contribution < 1.29 is 12.4 Å². The molecule has 2 atom stereocenters. The Bertz CT molecular complexity index is 523. The molecule has 0 aromatic heterocycles. The van der Waals surface area contributed by atoms with Gasteiger partial charge in [-0.15, -0.1) is 0 Å². The van der Waals surface area contributed by atoms with Crippen LogP contribution in [0.3, 0.4) is 0 Å². The Hall–Kier alpha value is 0.471. The molecular formula is C16H25Cl2SiTi. The standard InChI is InChI=1S/2C7H9.C2H7Si.2ClH.Ti/c2*1-6-3-4-7(2)5-6;1-3-2;;;/h2*3-5H,1-2H3;3H,1-2H3;2*1H;/q;;;;;+2/p-2. The summed E-state index contributed by atoms with van der Waals surface area (Å²) in [5.41, 5.74) is 5.38. The van der Waals surface area contributed by atoms with Crippen molar-refractivity contribution >= 4 is 25.3 Å². The van der Waals surface area contributed by atoms with Gasteiger partial charge in [-0.2, -0.15) is 0 Å². The Morgan fingerprint density at radius 3 is 1.40 bits per heavy atom. The molecule has 0 aromatic rings. The third-order valence-electron chi connectivity index (χ3n) is 5.04. The number of allylic oxidation sites excluding steroid dienone is 8. The number of halogens is 2. The van der Waals surface area contributed by atoms with E-state index in [1.165, 1.54) is 22.3 Å². The Labute approximate surface area is 133 Å². The summed E-state index contributed by atoms with van der Waals surface area (Å²) in [6, 6.07) is 0. The second-order valence-corrected chi connectivity index (χ2v) is 36.3. The average molecular weight is 364 g/mol. The summed E-state index contributed by atoms with van der Waals surface area (Å²) in [6.07, 6.45) is 9.21. The molecule has 111 valence electrons. The first kappa shape index (κ1) is 16.8. The average Bonchev–Trinajstić information content (AvgIpc) is 2.82. The van der Waals surface area contributed by atoms with Gasteiger partial charge in [-0.25, -0.2) is 0 Å². The quantitative estimate of drug-likeness (QED) is 0.512. The molecule has 0 N–H and O–H groups in total. The summed E-state index contributed by atoms with van der Waals surface area (Å²) in [6.45, 7) is 12.2. The zero-order chi connectivity index (χ0) is 15.3. The maximum atomic E-state index is 7.51. The van der Waals surface area contributed by atoms with Gasteiger partial charge in [0.2, 0.25) is 0 Å². The zero-order valence-corrected chi connectivity index (χ0v) is 17.5. The predicted octanol–water partition coefficient (Wildman–Crippen LogP) is 6.36. The Balaban J connectivity index is 2.61. The molecule has 0 spiro atoms. The molecule has 0 heterocycles. The summed E-state index contributed by atoms with van der Waals surface area (Å²) in [5, 5.41) is 0. The van der Waals surface area contributed by atoms with Crippen molar-refractivity contribution in [1.82, 2.24) is 0 Å². The molecule has 0 radical (unpaired) electrons. The van der Waals surface area contributed by atoms with E-state index in [0.717, 1.165) is 0 Å². The van der Waals surface area contributed by atoms with Gasteiger partial charge in [0.15, 0.2) is 0 Å². The van der Waals surface area contributed by atoms with E-state index in [2.05, 4.69) is 65.1 Å². The van der Waals surface area contributed by atoms with Crippen molar-refractivity contribution in [2.24, 2.45) is 0 Å². The van der Waals surface area contributed by atoms with E-state index in [0.29, 0.717) is 8.45 Å². The molecule has 0 saturated carbocycles. The van der Waals surface area contributed by atoms with E-state index in [1.54, 1.807) is 0 Å². The molecule has 4 heteroatoms. The number of hydrogen-bond acceptors (Lipinski definition) is 0. The number of rotatable bonds is 3. The van der Waals surface area contributed by atoms with Crippen LogP contribution in [0, 0.1) is 0 Å². The van der Waals surface area contributed by atoms with E-state index in [4.69, 9.17) is 18.6 Å². The van der Waals surface area contributed by atoms with Gasteiger partial charge in [0.05, 0.1) is 0 Å². The van der Waals surface area contributed by atoms with Gasteiger partial charge >= 0.3 is 134 Å². The summed E-state index contributed by atoms with van der Waals surface area (Å²) < 4.78 is 0.606. The molecule has 20 heavy (non-hydrogen) atoms. The van der Waals surface area contributed by atoms with Gasteiger partial charge < -0.3 is 0 Å². The SMILES string of the molecule is CC1=C[CH]([Ti]([Cl])([Cl])([CH]2C=C(C)C=C2C)[SiH](C)C)C(C)=C1. The van der Waals surface area contributed by atoms with Crippen LogP contribution in [0.15, 0.2) is 46.6 Å². The van der Waals surface area contributed by atoms with Crippen molar-refractivity contribution in [2.45, 2.75) is 49.2 Å². The van der Waals surface area contributed by atoms with Crippen molar-refractivity contribution in [1.29, 1.82) is 0 Å². The molecule has 0 aromatic carbocycles. The van der Waals surface area contributed by atoms with E-state index in [-0.39, 0.29) is 0 Å². The van der Waals surface area contributed by atoms with Crippen LogP contribution < -0.4 is 0 Å². The zero-order valence-electron chi connectivity index (χ0n) is 13.3. The summed E-state index contributed by atoms with van der Waals surface area (Å²) in [7, 11) is 15.0. The van der Waals surface area contributed by atoms with Crippen LogP contribution in [0.2, 0.25) is 21.5 Å². The number of hydrogen-bond donors (Lipinski definition) is 0. The topological polar surface area (TPSA) is 0 Å². The van der Waals surface area contributed by atoms with Gasteiger partial charge in [0, 0.05) is 0 Å². The molecule has 2 rings (SSSR count). The second kappa shape index (κ2) is 5.28. The third kappa shape index (κ3) is 2.40. The van der Waals surface area contributed by atoms with Gasteiger partial charge in [-0.3, -0.25) is 0 Å². The Morgan fingerprint density at radius 2 is 1.20 bits per heavy atom. The van der Waals surface area contributed by atoms with Crippen LogP contribution in [-0.4, -0.2) is 6.66 Å². The summed E-state index contributed by atoms with van der Waals surface area (Å²) >= 11 is -3.70. The monoisotopic (exact) mass is 363 g/mol. The van der Waals surface area contributed by atoms with Crippen LogP contribution in [0.5, 0.6) is 0 Å². The van der Waals surface area contributed by atoms with Gasteiger partial charge in [0.25, 0.3) is 0 Å². The van der Waals surface area contributed by atoms with Gasteiger partial charge in [-0.1, -0.05) is 0 Å². The van der Waals surface area contributed by atoms with Crippen molar-refractivity contribution in [2.75, 3.05) is 0 Å². The third-order valence-corrected chi connectivity index (χ3v) is 40.9. The Kier molecular flexibility index (Phi) is 4.44. The molecule has 0 aliphatic heterocycles. The molecule has 0 saturated heterocycles. The molecule has 0 amide bonds. The normalized spacial score (nSPS) is 28.8. The Morgan fingerprint density at radius 1 is 0.850 bits per heavy atom. The molecule has 2 unspecified atom stereocenters. The van der Waals surface area contributed by atoms with E-state index >= 15 is 0 Å². The first-order valence-corrected chi connectivity index (χ1v) is 19.1. The molecule has 0 nitrogen and oxygen atoms in total. The molecule has 0 bridgehead atoms. The molecule has 0 fully saturated rings. The molecular weight excluding hydrogens is 339 g/mol. The second-order valence-electron chi connectivity index (χ2n) is 6.93. The van der Waals surface area contributed by atoms with E-state index < -0.39 is 19.1 Å². The van der Waals surface area contributed by atoms with Gasteiger partial charge in [-0.05, 0) is 0 Å². The maximum absolute atomic E-state index is 7.51. The van der Waals surface area contributed by atoms with Crippen molar-refractivity contribution in [3.05, 3.63) is 46.6 Å².